The second-order valence-corrected chi connectivity index (χ2v) is 6.53. The summed E-state index contributed by atoms with van der Waals surface area (Å²) in [5.74, 6) is 1.57. The van der Waals surface area contributed by atoms with Crippen LogP contribution in [-0.4, -0.2) is 14.4 Å². The van der Waals surface area contributed by atoms with Crippen LogP contribution in [0.4, 0.5) is 11.5 Å². The topological polar surface area (TPSA) is 51.5 Å². The summed E-state index contributed by atoms with van der Waals surface area (Å²) in [7, 11) is 0. The van der Waals surface area contributed by atoms with E-state index < -0.39 is 0 Å². The van der Waals surface area contributed by atoms with Crippen molar-refractivity contribution in [3.63, 3.8) is 0 Å². The molecule has 5 nitrogen and oxygen atoms in total. The quantitative estimate of drug-likeness (QED) is 0.464. The van der Waals surface area contributed by atoms with Crippen molar-refractivity contribution in [3.8, 4) is 5.75 Å². The molecule has 0 saturated carbocycles. The summed E-state index contributed by atoms with van der Waals surface area (Å²) in [6.07, 6.45) is 3.63. The van der Waals surface area contributed by atoms with E-state index in [2.05, 4.69) is 22.4 Å². The third-order valence-corrected chi connectivity index (χ3v) is 4.60. The first-order valence-corrected chi connectivity index (χ1v) is 9.11. The van der Waals surface area contributed by atoms with E-state index in [-0.39, 0.29) is 0 Å². The zero-order valence-electron chi connectivity index (χ0n) is 15.1. The fourth-order valence-electron chi connectivity index (χ4n) is 3.24. The molecule has 0 amide bonds. The van der Waals surface area contributed by atoms with Crippen LogP contribution in [0, 0.1) is 0 Å². The summed E-state index contributed by atoms with van der Waals surface area (Å²) in [5.41, 5.74) is 4.91. The summed E-state index contributed by atoms with van der Waals surface area (Å²) >= 11 is 0. The summed E-state index contributed by atoms with van der Waals surface area (Å²) in [5, 5.41) is 3.41. The molecule has 0 unspecified atom stereocenters. The molecule has 0 radical (unpaired) electrons. The molecular formula is C23H18N4O. The number of hydrogen-bond donors (Lipinski definition) is 1. The van der Waals surface area contributed by atoms with Gasteiger partial charge in [0.1, 0.15) is 17.9 Å². The number of fused-ring (bicyclic) bond motifs is 3. The lowest BCUT2D eigenvalue weighted by molar-refractivity contribution is 0.306. The number of imidazole rings is 1. The van der Waals surface area contributed by atoms with Crippen molar-refractivity contribution in [3.05, 3.63) is 97.0 Å². The Morgan fingerprint density at radius 1 is 0.857 bits per heavy atom. The molecule has 0 aliphatic carbocycles. The molecule has 5 rings (SSSR count). The minimum atomic E-state index is 0.533. The molecule has 0 fully saturated rings. The maximum atomic E-state index is 5.94. The second-order valence-electron chi connectivity index (χ2n) is 6.53. The van der Waals surface area contributed by atoms with E-state index in [9.17, 15) is 0 Å². The summed E-state index contributed by atoms with van der Waals surface area (Å²) in [4.78, 5) is 9.07. The highest BCUT2D eigenvalue weighted by atomic mass is 16.5. The van der Waals surface area contributed by atoms with Crippen LogP contribution in [0.15, 0.2) is 91.4 Å². The molecule has 5 heteroatoms. The Bertz CT molecular complexity index is 1250. The lowest BCUT2D eigenvalue weighted by Gasteiger charge is -2.12. The summed E-state index contributed by atoms with van der Waals surface area (Å²) < 4.78 is 7.98. The van der Waals surface area contributed by atoms with Crippen molar-refractivity contribution in [1.82, 2.24) is 14.4 Å². The molecule has 0 spiro atoms. The lowest BCUT2D eigenvalue weighted by atomic mass is 10.2. The van der Waals surface area contributed by atoms with Gasteiger partial charge in [-0.25, -0.2) is 9.97 Å². The van der Waals surface area contributed by atoms with Crippen molar-refractivity contribution >= 4 is 28.1 Å². The van der Waals surface area contributed by atoms with Crippen LogP contribution in [-0.2, 0) is 6.61 Å². The Kier molecular flexibility index (Phi) is 4.10. The maximum absolute atomic E-state index is 5.94. The first kappa shape index (κ1) is 16.3. The average molecular weight is 366 g/mol. The Morgan fingerprint density at radius 3 is 2.64 bits per heavy atom. The van der Waals surface area contributed by atoms with Crippen LogP contribution < -0.4 is 10.1 Å². The Hall–Kier alpha value is -3.86. The van der Waals surface area contributed by atoms with Crippen LogP contribution in [0.25, 0.3) is 16.6 Å². The van der Waals surface area contributed by atoms with Gasteiger partial charge in [-0.15, -0.1) is 0 Å². The molecule has 0 aliphatic rings. The number of para-hydroxylation sites is 2. The van der Waals surface area contributed by atoms with Crippen molar-refractivity contribution in [2.75, 3.05) is 5.32 Å². The van der Waals surface area contributed by atoms with Gasteiger partial charge in [0.15, 0.2) is 5.82 Å². The number of nitrogens with zero attached hydrogens (tertiary/aromatic N) is 3. The van der Waals surface area contributed by atoms with Crippen LogP contribution in [0.1, 0.15) is 5.56 Å². The molecule has 0 atom stereocenters. The molecule has 3 aromatic carbocycles. The van der Waals surface area contributed by atoms with Gasteiger partial charge >= 0.3 is 0 Å². The lowest BCUT2D eigenvalue weighted by Crippen LogP contribution is -2.00. The number of ether oxygens (including phenoxy) is 1. The molecule has 2 aromatic heterocycles. The monoisotopic (exact) mass is 366 g/mol. The van der Waals surface area contributed by atoms with Gasteiger partial charge in [0, 0.05) is 11.8 Å². The minimum absolute atomic E-state index is 0.533. The van der Waals surface area contributed by atoms with Crippen LogP contribution in [0.5, 0.6) is 5.75 Å². The van der Waals surface area contributed by atoms with Gasteiger partial charge in [0.25, 0.3) is 0 Å². The van der Waals surface area contributed by atoms with E-state index in [1.54, 1.807) is 0 Å². The van der Waals surface area contributed by atoms with Gasteiger partial charge in [-0.1, -0.05) is 48.5 Å². The molecular weight excluding hydrogens is 348 g/mol. The van der Waals surface area contributed by atoms with E-state index in [0.717, 1.165) is 39.4 Å². The number of benzene rings is 3. The minimum Gasteiger partial charge on any atom is -0.489 e. The van der Waals surface area contributed by atoms with Crippen molar-refractivity contribution in [2.24, 2.45) is 0 Å². The fraction of sp³-hybridized carbons (Fsp3) is 0.0435. The van der Waals surface area contributed by atoms with Crippen LogP contribution in [0.3, 0.4) is 0 Å². The number of aromatic nitrogens is 3. The predicted octanol–water partition coefficient (Wildman–Crippen LogP) is 5.21. The second kappa shape index (κ2) is 7.04. The molecule has 28 heavy (non-hydrogen) atoms. The van der Waals surface area contributed by atoms with Gasteiger partial charge in [0.2, 0.25) is 0 Å². The third kappa shape index (κ3) is 3.14. The van der Waals surface area contributed by atoms with Gasteiger partial charge in [-0.2, -0.15) is 0 Å². The summed E-state index contributed by atoms with van der Waals surface area (Å²) in [6.45, 7) is 0.533. The Balaban J connectivity index is 1.44. The number of nitrogens with one attached hydrogen (secondary N) is 1. The van der Waals surface area contributed by atoms with Crippen molar-refractivity contribution in [2.45, 2.75) is 6.61 Å². The first-order valence-electron chi connectivity index (χ1n) is 9.11. The highest BCUT2D eigenvalue weighted by Gasteiger charge is 2.09. The van der Waals surface area contributed by atoms with Gasteiger partial charge in [-0.05, 0) is 29.8 Å². The number of anilines is 2. The third-order valence-electron chi connectivity index (χ3n) is 4.60. The highest BCUT2D eigenvalue weighted by molar-refractivity contribution is 5.85. The highest BCUT2D eigenvalue weighted by Crippen LogP contribution is 2.26. The normalized spacial score (nSPS) is 11.0. The Morgan fingerprint density at radius 2 is 1.71 bits per heavy atom. The van der Waals surface area contributed by atoms with Crippen molar-refractivity contribution < 1.29 is 4.74 Å². The van der Waals surface area contributed by atoms with Gasteiger partial charge < -0.3 is 10.1 Å². The van der Waals surface area contributed by atoms with Crippen LogP contribution >= 0.6 is 0 Å². The largest absolute Gasteiger partial charge is 0.489 e. The maximum Gasteiger partial charge on any atom is 0.157 e. The molecule has 1 N–H and O–H groups in total. The van der Waals surface area contributed by atoms with E-state index in [4.69, 9.17) is 9.72 Å². The van der Waals surface area contributed by atoms with Crippen molar-refractivity contribution in [1.29, 1.82) is 0 Å². The molecule has 0 bridgehead atoms. The van der Waals surface area contributed by atoms with E-state index >= 15 is 0 Å². The zero-order chi connectivity index (χ0) is 18.8. The fourth-order valence-corrected chi connectivity index (χ4v) is 3.24. The Labute approximate surface area is 162 Å². The molecule has 2 heterocycles. The van der Waals surface area contributed by atoms with E-state index in [0.29, 0.717) is 6.61 Å². The number of rotatable bonds is 5. The first-order chi connectivity index (χ1) is 13.9. The van der Waals surface area contributed by atoms with E-state index in [1.807, 2.05) is 83.7 Å². The molecule has 136 valence electrons. The standard InChI is InChI=1S/C23H18N4O/c1-2-7-17(8-3-1)15-28-19-10-6-9-18(13-19)25-23-22-14-24-16-27(22)21-12-5-4-11-20(21)26-23/h1-14,16H,15H2,(H,25,26). The zero-order valence-corrected chi connectivity index (χ0v) is 15.1. The number of hydrogen-bond acceptors (Lipinski definition) is 4. The van der Waals surface area contributed by atoms with Crippen LogP contribution in [0.2, 0.25) is 0 Å². The summed E-state index contributed by atoms with van der Waals surface area (Å²) in [6, 6.07) is 26.1. The molecule has 0 saturated heterocycles. The van der Waals surface area contributed by atoms with Gasteiger partial charge in [0.05, 0.1) is 23.6 Å². The average Bonchev–Trinajstić information content (AvgIpc) is 3.24. The molecule has 5 aromatic rings. The van der Waals surface area contributed by atoms with E-state index in [1.165, 1.54) is 0 Å². The van der Waals surface area contributed by atoms with Gasteiger partial charge in [-0.3, -0.25) is 4.40 Å². The smallest absolute Gasteiger partial charge is 0.157 e. The predicted molar refractivity (Wildman–Crippen MR) is 111 cm³/mol. The molecule has 0 aliphatic heterocycles. The SMILES string of the molecule is c1ccc(COc2cccc(Nc3nc4ccccc4n4cncc34)c2)cc1.